The second-order valence-corrected chi connectivity index (χ2v) is 20.5. The predicted octanol–water partition coefficient (Wildman–Crippen LogP) is 16.5. The fourth-order valence-corrected chi connectivity index (χ4v) is 7.39. The second kappa shape index (κ2) is 28.7. The maximum Gasteiger partial charge on any atom is 0.472 e. The fourth-order valence-electron chi connectivity index (χ4n) is 6.65. The van der Waals surface area contributed by atoms with Crippen LogP contribution in [0.1, 0.15) is 128 Å². The molecule has 1 unspecified atom stereocenters. The second-order valence-electron chi connectivity index (χ2n) is 19.0. The number of rotatable bonds is 42. The first-order valence-corrected chi connectivity index (χ1v) is 25.0. The summed E-state index contributed by atoms with van der Waals surface area (Å²) in [4.78, 5) is 10.1. The van der Waals surface area contributed by atoms with Crippen molar-refractivity contribution in [3.05, 3.63) is 0 Å². The van der Waals surface area contributed by atoms with Crippen molar-refractivity contribution in [2.45, 2.75) is 206 Å². The average Bonchev–Trinajstić information content (AvgIpc) is 3.25. The Morgan fingerprint density at radius 2 is 0.658 bits per heavy atom. The van der Waals surface area contributed by atoms with E-state index >= 15 is 0 Å². The van der Waals surface area contributed by atoms with E-state index in [9.17, 15) is 124 Å². The van der Waals surface area contributed by atoms with Crippen molar-refractivity contribution in [1.29, 1.82) is 0 Å². The lowest BCUT2D eigenvalue weighted by atomic mass is 9.87. The van der Waals surface area contributed by atoms with Crippen LogP contribution in [-0.4, -0.2) is 148 Å². The summed E-state index contributed by atoms with van der Waals surface area (Å²) < 4.78 is 380. The molecule has 0 aromatic rings. The molecule has 0 aliphatic rings. The Morgan fingerprint density at radius 1 is 0.368 bits per heavy atom. The van der Waals surface area contributed by atoms with Gasteiger partial charge in [-0.15, -0.1) is 0 Å². The van der Waals surface area contributed by atoms with Gasteiger partial charge in [-0.3, -0.25) is 9.05 Å². The number of ether oxygens (including phenoxy) is 2. The van der Waals surface area contributed by atoms with Gasteiger partial charge >= 0.3 is 79.4 Å². The standard InChI is InChI=1S/C42H62F26NO6P/c1-69(2,3)24-27-74-76(70,71)75-29-30(28-72-25-20-16-12-8-4-6-11-15-19-23-32(45,46)34(49,50)39(59,60)41(63,64)65)73-26-21-17-13-9-5-7-10-14-18-22-31(43,44)33(47,48)35(51,52)36(53,54)37(55,56)38(57,58)40(61,62)42(66,67)68/h30H,4-29H2,1-3H3/p+1/t30-/m0/s1. The molecule has 2 atom stereocenters. The Labute approximate surface area is 421 Å². The first-order chi connectivity index (χ1) is 34.0. The van der Waals surface area contributed by atoms with Crippen LogP contribution in [0.2, 0.25) is 0 Å². The first kappa shape index (κ1) is 74.2. The highest BCUT2D eigenvalue weighted by Crippen LogP contribution is 2.64. The third kappa shape index (κ3) is 20.0. The van der Waals surface area contributed by atoms with E-state index in [0.29, 0.717) is 81.7 Å². The van der Waals surface area contributed by atoms with Crippen LogP contribution in [0.15, 0.2) is 0 Å². The topological polar surface area (TPSA) is 74.2 Å². The van der Waals surface area contributed by atoms with Gasteiger partial charge in [0.25, 0.3) is 0 Å². The van der Waals surface area contributed by atoms with Crippen LogP contribution in [-0.2, 0) is 23.1 Å². The van der Waals surface area contributed by atoms with Gasteiger partial charge in [0.1, 0.15) is 19.3 Å². The lowest BCUT2D eigenvalue weighted by Gasteiger charge is -2.42. The van der Waals surface area contributed by atoms with Crippen molar-refractivity contribution in [2.75, 3.05) is 60.7 Å². The van der Waals surface area contributed by atoms with Crippen molar-refractivity contribution in [3.63, 3.8) is 0 Å². The Balaban J connectivity index is 4.88. The molecule has 0 aliphatic heterocycles. The molecule has 0 spiro atoms. The van der Waals surface area contributed by atoms with Gasteiger partial charge in [0.05, 0.1) is 34.4 Å². The number of hydrogen-bond acceptors (Lipinski definition) is 5. The normalized spacial score (nSPS) is 16.1. The summed E-state index contributed by atoms with van der Waals surface area (Å²) in [6.45, 7) is -0.157. The molecule has 458 valence electrons. The van der Waals surface area contributed by atoms with E-state index in [1.807, 2.05) is 0 Å². The average molecular weight is 1200 g/mol. The van der Waals surface area contributed by atoms with Crippen LogP contribution in [0, 0.1) is 0 Å². The van der Waals surface area contributed by atoms with Gasteiger partial charge < -0.3 is 18.9 Å². The number of hydrogen-bond donors (Lipinski definition) is 1. The SMILES string of the molecule is C[N+](C)(C)CCOP(=O)(O)OC[C@H](COCCCCCCCCCCCC(F)(F)C(F)(F)C(F)(F)C(F)(F)F)OCCCCCCCCCCCC(F)(F)C(F)(F)C(F)(F)C(F)(F)C(F)(F)C(F)(F)C(F)(F)C(F)(F)F. The molecule has 7 nitrogen and oxygen atoms in total. The monoisotopic (exact) mass is 1200 g/mol. The van der Waals surface area contributed by atoms with Crippen LogP contribution in [0.5, 0.6) is 0 Å². The number of nitrogens with zero attached hydrogens (tertiary/aromatic N) is 1. The molecule has 1 N–H and O–H groups in total. The van der Waals surface area contributed by atoms with Crippen molar-refractivity contribution < 1.29 is 147 Å². The predicted molar refractivity (Wildman–Crippen MR) is 219 cm³/mol. The molecule has 76 heavy (non-hydrogen) atoms. The van der Waals surface area contributed by atoms with Gasteiger partial charge in [-0.2, -0.15) is 114 Å². The molecule has 0 rings (SSSR count). The van der Waals surface area contributed by atoms with Gasteiger partial charge in [0.2, 0.25) is 0 Å². The van der Waals surface area contributed by atoms with E-state index in [1.54, 1.807) is 21.1 Å². The quantitative estimate of drug-likeness (QED) is 0.0284. The number of halogens is 26. The third-order valence-corrected chi connectivity index (χ3v) is 12.5. The smallest absolute Gasteiger partial charge is 0.379 e. The van der Waals surface area contributed by atoms with E-state index < -0.39 is 124 Å². The molecule has 0 saturated carbocycles. The zero-order valence-electron chi connectivity index (χ0n) is 41.2. The third-order valence-electron chi connectivity index (χ3n) is 11.5. The summed E-state index contributed by atoms with van der Waals surface area (Å²) in [7, 11) is 0.842. The molecule has 0 amide bonds. The number of phosphoric ester groups is 1. The summed E-state index contributed by atoms with van der Waals surface area (Å²) >= 11 is 0. The number of likely N-dealkylation sites (N-methyl/N-ethyl adjacent to an activating group) is 1. The molecule has 0 heterocycles. The lowest BCUT2D eigenvalue weighted by molar-refractivity contribution is -0.870. The maximum atomic E-state index is 14.2. The Kier molecular flexibility index (Phi) is 28.0. The van der Waals surface area contributed by atoms with Crippen LogP contribution in [0.3, 0.4) is 0 Å². The molecular formula is C42H63F26NO6P+. The van der Waals surface area contributed by atoms with Gasteiger partial charge in [0, 0.05) is 26.1 Å². The fraction of sp³-hybridized carbons (Fsp3) is 1.00. The molecule has 0 saturated heterocycles. The molecule has 0 aromatic carbocycles. The maximum absolute atomic E-state index is 14.2. The molecule has 34 heteroatoms. The Bertz CT molecular complexity index is 1710. The highest BCUT2D eigenvalue weighted by Gasteiger charge is 2.95. The van der Waals surface area contributed by atoms with Crippen LogP contribution >= 0.6 is 7.82 Å². The number of quaternary nitrogens is 1. The minimum Gasteiger partial charge on any atom is -0.379 e. The highest BCUT2D eigenvalue weighted by atomic mass is 31.2. The molecule has 0 fully saturated rings. The van der Waals surface area contributed by atoms with Crippen molar-refractivity contribution >= 4 is 7.82 Å². The Morgan fingerprint density at radius 3 is 1.01 bits per heavy atom. The minimum absolute atomic E-state index is 0.0578. The van der Waals surface area contributed by atoms with E-state index in [-0.39, 0.29) is 52.1 Å². The highest BCUT2D eigenvalue weighted by molar-refractivity contribution is 7.47. The summed E-state index contributed by atoms with van der Waals surface area (Å²) in [5.41, 5.74) is 0. The lowest BCUT2D eigenvalue weighted by Crippen LogP contribution is -2.74. The summed E-state index contributed by atoms with van der Waals surface area (Å²) in [5.74, 6) is -75.7. The Hall–Kier alpha value is -1.83. The minimum atomic E-state index is -8.67. The van der Waals surface area contributed by atoms with Gasteiger partial charge in [-0.25, -0.2) is 4.57 Å². The largest absolute Gasteiger partial charge is 0.472 e. The molecule has 0 radical (unpaired) electrons. The van der Waals surface area contributed by atoms with Gasteiger partial charge in [-0.1, -0.05) is 89.9 Å². The molecule has 0 aliphatic carbocycles. The van der Waals surface area contributed by atoms with E-state index in [2.05, 4.69) is 0 Å². The summed E-state index contributed by atoms with van der Waals surface area (Å²) in [6.07, 6.45) is -16.6. The summed E-state index contributed by atoms with van der Waals surface area (Å²) in [6, 6.07) is 0. The van der Waals surface area contributed by atoms with Crippen molar-refractivity contribution in [1.82, 2.24) is 0 Å². The van der Waals surface area contributed by atoms with Crippen molar-refractivity contribution in [2.24, 2.45) is 0 Å². The van der Waals surface area contributed by atoms with Crippen LogP contribution in [0.25, 0.3) is 0 Å². The zero-order valence-corrected chi connectivity index (χ0v) is 42.1. The number of unbranched alkanes of at least 4 members (excludes halogenated alkanes) is 16. The van der Waals surface area contributed by atoms with E-state index in [1.165, 1.54) is 0 Å². The molecule has 0 bridgehead atoms. The van der Waals surface area contributed by atoms with E-state index in [0.717, 1.165) is 0 Å². The van der Waals surface area contributed by atoms with Gasteiger partial charge in [-0.05, 0) is 25.7 Å². The number of alkyl halides is 26. The number of phosphoric acid groups is 1. The van der Waals surface area contributed by atoms with Crippen molar-refractivity contribution in [3.8, 4) is 0 Å². The van der Waals surface area contributed by atoms with Gasteiger partial charge in [0.15, 0.2) is 0 Å². The van der Waals surface area contributed by atoms with Crippen LogP contribution in [0.4, 0.5) is 114 Å². The summed E-state index contributed by atoms with van der Waals surface area (Å²) in [5, 5.41) is 0. The molecular weight excluding hydrogens is 1140 g/mol. The zero-order chi connectivity index (χ0) is 59.8. The van der Waals surface area contributed by atoms with Crippen LogP contribution < -0.4 is 0 Å². The van der Waals surface area contributed by atoms with E-state index in [4.69, 9.17) is 18.5 Å². The molecule has 0 aromatic heterocycles. The first-order valence-electron chi connectivity index (χ1n) is 23.5.